The van der Waals surface area contributed by atoms with E-state index in [0.717, 1.165) is 48.5 Å². The highest BCUT2D eigenvalue weighted by molar-refractivity contribution is 5.81. The molecule has 1 aliphatic rings. The predicted octanol–water partition coefficient (Wildman–Crippen LogP) is 3.13. The van der Waals surface area contributed by atoms with Gasteiger partial charge in [0.25, 0.3) is 0 Å². The molecule has 110 valence electrons. The molecule has 1 aromatic carbocycles. The number of morpholine rings is 1. The molecule has 2 aromatic heterocycles. The largest absolute Gasteiger partial charge is 0.378 e. The maximum atomic E-state index is 5.40. The molecule has 0 amide bonds. The van der Waals surface area contributed by atoms with Crippen molar-refractivity contribution in [3.8, 4) is 11.3 Å². The van der Waals surface area contributed by atoms with Gasteiger partial charge in [0.2, 0.25) is 0 Å². The van der Waals surface area contributed by atoms with Crippen molar-refractivity contribution >= 4 is 16.6 Å². The van der Waals surface area contributed by atoms with Crippen LogP contribution in [0.15, 0.2) is 54.9 Å². The number of anilines is 1. The van der Waals surface area contributed by atoms with Crippen molar-refractivity contribution in [1.82, 2.24) is 9.97 Å². The average Bonchev–Trinajstić information content (AvgIpc) is 2.62. The summed E-state index contributed by atoms with van der Waals surface area (Å²) in [4.78, 5) is 11.3. The number of hydrogen-bond acceptors (Lipinski definition) is 4. The molecular weight excluding hydrogens is 274 g/mol. The first-order valence-corrected chi connectivity index (χ1v) is 7.54. The molecule has 1 aliphatic heterocycles. The monoisotopic (exact) mass is 291 g/mol. The first-order valence-electron chi connectivity index (χ1n) is 7.54. The van der Waals surface area contributed by atoms with E-state index in [1.54, 1.807) is 0 Å². The van der Waals surface area contributed by atoms with E-state index in [1.807, 2.05) is 30.6 Å². The lowest BCUT2D eigenvalue weighted by Crippen LogP contribution is -2.36. The van der Waals surface area contributed by atoms with E-state index >= 15 is 0 Å². The van der Waals surface area contributed by atoms with Crippen LogP contribution in [-0.4, -0.2) is 36.3 Å². The van der Waals surface area contributed by atoms with E-state index in [0.29, 0.717) is 0 Å². The Morgan fingerprint density at radius 2 is 1.77 bits per heavy atom. The molecule has 0 bridgehead atoms. The summed E-state index contributed by atoms with van der Waals surface area (Å²) >= 11 is 0. The van der Waals surface area contributed by atoms with Crippen LogP contribution in [0.2, 0.25) is 0 Å². The Bertz CT molecular complexity index is 780. The molecule has 4 rings (SSSR count). The number of fused-ring (bicyclic) bond motifs is 1. The van der Waals surface area contributed by atoms with E-state index in [1.165, 1.54) is 5.69 Å². The van der Waals surface area contributed by atoms with Crippen molar-refractivity contribution in [2.24, 2.45) is 0 Å². The number of nitrogens with zero attached hydrogens (tertiary/aromatic N) is 3. The number of rotatable bonds is 2. The smallest absolute Gasteiger partial charge is 0.0739 e. The van der Waals surface area contributed by atoms with Gasteiger partial charge in [-0.25, -0.2) is 0 Å². The van der Waals surface area contributed by atoms with Crippen molar-refractivity contribution in [3.05, 3.63) is 54.9 Å². The normalized spacial score (nSPS) is 15.2. The Balaban J connectivity index is 1.63. The molecule has 0 radical (unpaired) electrons. The molecule has 22 heavy (non-hydrogen) atoms. The molecule has 3 heterocycles. The van der Waals surface area contributed by atoms with Crippen molar-refractivity contribution in [2.45, 2.75) is 0 Å². The lowest BCUT2D eigenvalue weighted by atomic mass is 10.1. The first-order chi connectivity index (χ1) is 10.9. The lowest BCUT2D eigenvalue weighted by Gasteiger charge is -2.28. The average molecular weight is 291 g/mol. The van der Waals surface area contributed by atoms with E-state index in [2.05, 4.69) is 39.1 Å². The van der Waals surface area contributed by atoms with Crippen LogP contribution in [0.5, 0.6) is 0 Å². The Labute approximate surface area is 129 Å². The minimum Gasteiger partial charge on any atom is -0.378 e. The van der Waals surface area contributed by atoms with Crippen LogP contribution in [0.3, 0.4) is 0 Å². The fraction of sp³-hybridized carbons (Fsp3) is 0.222. The Morgan fingerprint density at radius 3 is 2.59 bits per heavy atom. The third-order valence-corrected chi connectivity index (χ3v) is 4.03. The van der Waals surface area contributed by atoms with E-state index in [9.17, 15) is 0 Å². The topological polar surface area (TPSA) is 38.2 Å². The van der Waals surface area contributed by atoms with Crippen LogP contribution in [-0.2, 0) is 4.74 Å². The highest BCUT2D eigenvalue weighted by Gasteiger charge is 2.11. The van der Waals surface area contributed by atoms with Gasteiger partial charge >= 0.3 is 0 Å². The van der Waals surface area contributed by atoms with E-state index in [4.69, 9.17) is 4.74 Å². The minimum atomic E-state index is 0.805. The molecule has 3 aromatic rings. The number of ether oxygens (including phenoxy) is 1. The Morgan fingerprint density at radius 1 is 0.955 bits per heavy atom. The van der Waals surface area contributed by atoms with Gasteiger partial charge in [-0.3, -0.25) is 9.97 Å². The maximum absolute atomic E-state index is 5.40. The third kappa shape index (κ3) is 2.53. The molecule has 0 N–H and O–H groups in total. The molecule has 0 atom stereocenters. The maximum Gasteiger partial charge on any atom is 0.0739 e. The Kier molecular flexibility index (Phi) is 3.45. The van der Waals surface area contributed by atoms with Gasteiger partial charge in [-0.1, -0.05) is 12.1 Å². The van der Waals surface area contributed by atoms with Gasteiger partial charge in [-0.05, 0) is 30.3 Å². The summed E-state index contributed by atoms with van der Waals surface area (Å²) in [5.74, 6) is 0. The summed E-state index contributed by atoms with van der Waals surface area (Å²) in [6.45, 7) is 3.52. The zero-order chi connectivity index (χ0) is 14.8. The molecule has 0 unspecified atom stereocenters. The molecule has 0 saturated carbocycles. The Hall–Kier alpha value is -2.46. The number of hydrogen-bond donors (Lipinski definition) is 0. The third-order valence-electron chi connectivity index (χ3n) is 4.03. The molecule has 0 spiro atoms. The molecule has 1 fully saturated rings. The van der Waals surface area contributed by atoms with Gasteiger partial charge in [-0.15, -0.1) is 0 Å². The SMILES string of the molecule is c1cnc2cc(-c3ccc(N4CCOCC4)cc3)ncc2c1. The summed E-state index contributed by atoms with van der Waals surface area (Å²) in [6.07, 6.45) is 3.70. The predicted molar refractivity (Wildman–Crippen MR) is 88.0 cm³/mol. The number of benzene rings is 1. The van der Waals surface area contributed by atoms with Gasteiger partial charge in [0.15, 0.2) is 0 Å². The fourth-order valence-electron chi connectivity index (χ4n) is 2.79. The summed E-state index contributed by atoms with van der Waals surface area (Å²) in [5, 5.41) is 1.07. The zero-order valence-electron chi connectivity index (χ0n) is 12.3. The molecule has 4 heteroatoms. The highest BCUT2D eigenvalue weighted by Crippen LogP contribution is 2.24. The standard InChI is InChI=1S/C18H17N3O/c1-2-15-13-20-17(12-18(15)19-7-1)14-3-5-16(6-4-14)21-8-10-22-11-9-21/h1-7,12-13H,8-11H2. The first kappa shape index (κ1) is 13.2. The van der Waals surface area contributed by atoms with Gasteiger partial charge in [-0.2, -0.15) is 0 Å². The zero-order valence-corrected chi connectivity index (χ0v) is 12.3. The summed E-state index contributed by atoms with van der Waals surface area (Å²) in [5.41, 5.74) is 4.29. The molecule has 0 aliphatic carbocycles. The van der Waals surface area contributed by atoms with Gasteiger partial charge in [0.1, 0.15) is 0 Å². The number of aromatic nitrogens is 2. The van der Waals surface area contributed by atoms with Crippen molar-refractivity contribution < 1.29 is 4.74 Å². The molecule has 4 nitrogen and oxygen atoms in total. The molecular formula is C18H17N3O. The fourth-order valence-corrected chi connectivity index (χ4v) is 2.79. The molecule has 1 saturated heterocycles. The van der Waals surface area contributed by atoms with Crippen molar-refractivity contribution in [2.75, 3.05) is 31.2 Å². The van der Waals surface area contributed by atoms with Crippen LogP contribution >= 0.6 is 0 Å². The van der Waals surface area contributed by atoms with Crippen LogP contribution in [0.1, 0.15) is 0 Å². The van der Waals surface area contributed by atoms with Crippen molar-refractivity contribution in [1.29, 1.82) is 0 Å². The van der Waals surface area contributed by atoms with Crippen LogP contribution < -0.4 is 4.90 Å². The quantitative estimate of drug-likeness (QED) is 0.727. The van der Waals surface area contributed by atoms with Crippen molar-refractivity contribution in [3.63, 3.8) is 0 Å². The second-order valence-electron chi connectivity index (χ2n) is 5.41. The van der Waals surface area contributed by atoms with Gasteiger partial charge in [0, 0.05) is 42.1 Å². The number of pyridine rings is 2. The second-order valence-corrected chi connectivity index (χ2v) is 5.41. The van der Waals surface area contributed by atoms with Gasteiger partial charge in [0.05, 0.1) is 24.4 Å². The highest BCUT2D eigenvalue weighted by atomic mass is 16.5. The van der Waals surface area contributed by atoms with Crippen LogP contribution in [0.25, 0.3) is 22.2 Å². The van der Waals surface area contributed by atoms with E-state index in [-0.39, 0.29) is 0 Å². The summed E-state index contributed by atoms with van der Waals surface area (Å²) in [7, 11) is 0. The second kappa shape index (κ2) is 5.73. The van der Waals surface area contributed by atoms with E-state index < -0.39 is 0 Å². The van der Waals surface area contributed by atoms with Crippen LogP contribution in [0.4, 0.5) is 5.69 Å². The summed E-state index contributed by atoms with van der Waals surface area (Å²) in [6, 6.07) is 14.6. The summed E-state index contributed by atoms with van der Waals surface area (Å²) < 4.78 is 5.40. The van der Waals surface area contributed by atoms with Crippen LogP contribution in [0, 0.1) is 0 Å². The van der Waals surface area contributed by atoms with Gasteiger partial charge < -0.3 is 9.64 Å². The lowest BCUT2D eigenvalue weighted by molar-refractivity contribution is 0.122. The minimum absolute atomic E-state index is 0.805.